The Kier molecular flexibility index (Phi) is 6.49. The highest BCUT2D eigenvalue weighted by atomic mass is 15.4. The molecular weight excluding hydrogens is 236 g/mol. The molecule has 0 aliphatic heterocycles. The topological polar surface area (TPSA) is 42.7 Å². The third-order valence-corrected chi connectivity index (χ3v) is 3.37. The average molecular weight is 266 g/mol. The van der Waals surface area contributed by atoms with Crippen molar-refractivity contribution in [1.82, 2.24) is 20.3 Å². The summed E-state index contributed by atoms with van der Waals surface area (Å²) in [5, 5.41) is 11.9. The maximum atomic E-state index is 4.24. The van der Waals surface area contributed by atoms with Crippen LogP contribution >= 0.6 is 0 Å². The van der Waals surface area contributed by atoms with Crippen molar-refractivity contribution in [3.63, 3.8) is 0 Å². The Bertz CT molecular complexity index is 351. The summed E-state index contributed by atoms with van der Waals surface area (Å²) in [6.07, 6.45) is 7.17. The molecular formula is C15H30N4. The van der Waals surface area contributed by atoms with Crippen molar-refractivity contribution >= 4 is 0 Å². The first-order valence-corrected chi connectivity index (χ1v) is 7.58. The Morgan fingerprint density at radius 3 is 2.63 bits per heavy atom. The number of rotatable bonds is 8. The van der Waals surface area contributed by atoms with Crippen LogP contribution in [0, 0.1) is 5.92 Å². The zero-order valence-corrected chi connectivity index (χ0v) is 13.2. The van der Waals surface area contributed by atoms with Gasteiger partial charge in [-0.15, -0.1) is 5.10 Å². The quantitative estimate of drug-likeness (QED) is 0.784. The van der Waals surface area contributed by atoms with E-state index < -0.39 is 0 Å². The SMILES string of the molecule is CCCCC(CC)Cn1cc(CNC(C)(C)C)nn1. The van der Waals surface area contributed by atoms with Gasteiger partial charge in [0.1, 0.15) is 0 Å². The molecule has 110 valence electrons. The summed E-state index contributed by atoms with van der Waals surface area (Å²) in [7, 11) is 0. The molecule has 0 amide bonds. The van der Waals surface area contributed by atoms with E-state index in [1.54, 1.807) is 0 Å². The fraction of sp³-hybridized carbons (Fsp3) is 0.867. The van der Waals surface area contributed by atoms with E-state index in [1.165, 1.54) is 25.7 Å². The van der Waals surface area contributed by atoms with Crippen LogP contribution in [0.15, 0.2) is 6.20 Å². The monoisotopic (exact) mass is 266 g/mol. The normalized spacial score (nSPS) is 13.7. The molecule has 4 nitrogen and oxygen atoms in total. The maximum absolute atomic E-state index is 4.24. The molecule has 0 radical (unpaired) electrons. The van der Waals surface area contributed by atoms with Gasteiger partial charge in [-0.1, -0.05) is 38.3 Å². The van der Waals surface area contributed by atoms with Crippen LogP contribution in [-0.4, -0.2) is 20.5 Å². The van der Waals surface area contributed by atoms with Gasteiger partial charge in [-0.05, 0) is 33.1 Å². The Morgan fingerprint density at radius 1 is 1.32 bits per heavy atom. The van der Waals surface area contributed by atoms with E-state index in [9.17, 15) is 0 Å². The van der Waals surface area contributed by atoms with Crippen molar-refractivity contribution in [3.8, 4) is 0 Å². The van der Waals surface area contributed by atoms with Crippen molar-refractivity contribution < 1.29 is 0 Å². The summed E-state index contributed by atoms with van der Waals surface area (Å²) in [6, 6.07) is 0. The van der Waals surface area contributed by atoms with Crippen LogP contribution < -0.4 is 5.32 Å². The minimum atomic E-state index is 0.122. The summed E-state index contributed by atoms with van der Waals surface area (Å²) >= 11 is 0. The first kappa shape index (κ1) is 16.2. The molecule has 0 spiro atoms. The molecule has 4 heteroatoms. The zero-order chi connectivity index (χ0) is 14.3. The molecule has 0 saturated carbocycles. The number of hydrogen-bond donors (Lipinski definition) is 1. The number of nitrogens with one attached hydrogen (secondary N) is 1. The van der Waals surface area contributed by atoms with Gasteiger partial charge in [-0.3, -0.25) is 4.68 Å². The van der Waals surface area contributed by atoms with E-state index in [4.69, 9.17) is 0 Å². The van der Waals surface area contributed by atoms with Crippen LogP contribution in [0.1, 0.15) is 66.0 Å². The van der Waals surface area contributed by atoms with Crippen LogP contribution in [-0.2, 0) is 13.1 Å². The molecule has 1 heterocycles. The molecule has 1 rings (SSSR count). The molecule has 1 unspecified atom stereocenters. The van der Waals surface area contributed by atoms with E-state index in [0.717, 1.165) is 24.7 Å². The maximum Gasteiger partial charge on any atom is 0.0965 e. The van der Waals surface area contributed by atoms with Gasteiger partial charge in [-0.2, -0.15) is 0 Å². The predicted molar refractivity (Wildman–Crippen MR) is 79.9 cm³/mol. The fourth-order valence-electron chi connectivity index (χ4n) is 2.05. The number of unbranched alkanes of at least 4 members (excludes halogenated alkanes) is 1. The number of nitrogens with zero attached hydrogens (tertiary/aromatic N) is 3. The second-order valence-electron chi connectivity index (χ2n) is 6.45. The lowest BCUT2D eigenvalue weighted by Gasteiger charge is -2.19. The molecule has 0 aliphatic rings. The summed E-state index contributed by atoms with van der Waals surface area (Å²) in [6.45, 7) is 12.8. The van der Waals surface area contributed by atoms with Crippen molar-refractivity contribution in [1.29, 1.82) is 0 Å². The summed E-state index contributed by atoms with van der Waals surface area (Å²) < 4.78 is 2.00. The summed E-state index contributed by atoms with van der Waals surface area (Å²) in [4.78, 5) is 0. The minimum absolute atomic E-state index is 0.122. The van der Waals surface area contributed by atoms with Gasteiger partial charge < -0.3 is 5.32 Å². The van der Waals surface area contributed by atoms with Gasteiger partial charge in [0.15, 0.2) is 0 Å². The van der Waals surface area contributed by atoms with Crippen LogP contribution in [0.4, 0.5) is 0 Å². The third-order valence-electron chi connectivity index (χ3n) is 3.37. The molecule has 1 aromatic heterocycles. The molecule has 0 fully saturated rings. The van der Waals surface area contributed by atoms with Gasteiger partial charge >= 0.3 is 0 Å². The Hall–Kier alpha value is -0.900. The van der Waals surface area contributed by atoms with Crippen molar-refractivity contribution in [3.05, 3.63) is 11.9 Å². The Balaban J connectivity index is 2.45. The Labute approximate surface area is 118 Å². The fourth-order valence-corrected chi connectivity index (χ4v) is 2.05. The predicted octanol–water partition coefficient (Wildman–Crippen LogP) is 3.38. The lowest BCUT2D eigenvalue weighted by atomic mass is 9.99. The lowest BCUT2D eigenvalue weighted by Crippen LogP contribution is -2.35. The van der Waals surface area contributed by atoms with E-state index in [-0.39, 0.29) is 5.54 Å². The van der Waals surface area contributed by atoms with Crippen molar-refractivity contribution in [2.45, 2.75) is 78.9 Å². The van der Waals surface area contributed by atoms with E-state index >= 15 is 0 Å². The van der Waals surface area contributed by atoms with Crippen LogP contribution in [0.5, 0.6) is 0 Å². The first-order chi connectivity index (χ1) is 8.94. The largest absolute Gasteiger partial charge is 0.306 e. The first-order valence-electron chi connectivity index (χ1n) is 7.58. The third kappa shape index (κ3) is 6.71. The highest BCUT2D eigenvalue weighted by Crippen LogP contribution is 2.14. The van der Waals surface area contributed by atoms with E-state index in [1.807, 2.05) is 4.68 Å². The van der Waals surface area contributed by atoms with Gasteiger partial charge in [-0.25, -0.2) is 0 Å². The molecule has 0 aliphatic carbocycles. The standard InChI is InChI=1S/C15H30N4/c1-6-8-9-13(7-2)11-19-12-14(17-18-19)10-16-15(3,4)5/h12-13,16H,6-11H2,1-5H3. The van der Waals surface area contributed by atoms with Crippen molar-refractivity contribution in [2.24, 2.45) is 5.92 Å². The highest BCUT2D eigenvalue weighted by molar-refractivity contribution is 4.93. The van der Waals surface area contributed by atoms with Crippen LogP contribution in [0.3, 0.4) is 0 Å². The van der Waals surface area contributed by atoms with Crippen LogP contribution in [0.2, 0.25) is 0 Å². The molecule has 0 bridgehead atoms. The average Bonchev–Trinajstić information content (AvgIpc) is 2.79. The van der Waals surface area contributed by atoms with Gasteiger partial charge in [0, 0.05) is 24.8 Å². The van der Waals surface area contributed by atoms with Gasteiger partial charge in [0.2, 0.25) is 0 Å². The van der Waals surface area contributed by atoms with E-state index in [2.05, 4.69) is 56.4 Å². The second-order valence-corrected chi connectivity index (χ2v) is 6.45. The molecule has 0 saturated heterocycles. The highest BCUT2D eigenvalue weighted by Gasteiger charge is 2.11. The molecule has 0 aromatic carbocycles. The summed E-state index contributed by atoms with van der Waals surface area (Å²) in [5.74, 6) is 0.727. The smallest absolute Gasteiger partial charge is 0.0965 e. The second kappa shape index (κ2) is 7.63. The Morgan fingerprint density at radius 2 is 2.05 bits per heavy atom. The molecule has 1 N–H and O–H groups in total. The van der Waals surface area contributed by atoms with Gasteiger partial charge in [0.05, 0.1) is 5.69 Å². The number of hydrogen-bond acceptors (Lipinski definition) is 3. The molecule has 19 heavy (non-hydrogen) atoms. The lowest BCUT2D eigenvalue weighted by molar-refractivity contribution is 0.368. The number of aromatic nitrogens is 3. The zero-order valence-electron chi connectivity index (χ0n) is 13.2. The van der Waals surface area contributed by atoms with Crippen LogP contribution in [0.25, 0.3) is 0 Å². The summed E-state index contributed by atoms with van der Waals surface area (Å²) in [5.41, 5.74) is 1.15. The minimum Gasteiger partial charge on any atom is -0.306 e. The van der Waals surface area contributed by atoms with Crippen molar-refractivity contribution in [2.75, 3.05) is 0 Å². The molecule has 1 atom stereocenters. The molecule has 1 aromatic rings. The van der Waals surface area contributed by atoms with Gasteiger partial charge in [0.25, 0.3) is 0 Å². The van der Waals surface area contributed by atoms with E-state index in [0.29, 0.717) is 0 Å².